The highest BCUT2D eigenvalue weighted by molar-refractivity contribution is 6.33. The van der Waals surface area contributed by atoms with Gasteiger partial charge in [-0.05, 0) is 24.0 Å². The number of hydrogen-bond acceptors (Lipinski definition) is 2. The molecule has 0 saturated carbocycles. The lowest BCUT2D eigenvalue weighted by Gasteiger charge is -2.43. The zero-order valence-electron chi connectivity index (χ0n) is 9.91. The van der Waals surface area contributed by atoms with E-state index in [1.54, 1.807) is 0 Å². The summed E-state index contributed by atoms with van der Waals surface area (Å²) >= 11 is 6.19. The molecule has 1 aliphatic heterocycles. The van der Waals surface area contributed by atoms with Crippen LogP contribution in [-0.4, -0.2) is 19.1 Å². The zero-order chi connectivity index (χ0) is 11.8. The number of rotatable bonds is 1. The van der Waals surface area contributed by atoms with Crippen molar-refractivity contribution in [3.8, 4) is 0 Å². The molecule has 1 fully saturated rings. The van der Waals surface area contributed by atoms with Gasteiger partial charge in [-0.25, -0.2) is 0 Å². The summed E-state index contributed by atoms with van der Waals surface area (Å²) < 4.78 is 0. The van der Waals surface area contributed by atoms with Crippen LogP contribution in [0.1, 0.15) is 20.3 Å². The van der Waals surface area contributed by atoms with Gasteiger partial charge >= 0.3 is 0 Å². The standard InChI is InChI=1S/C13H19ClN2/c1-13(2)7-8-16(9-12(13)15)11-6-4-3-5-10(11)14/h3-6,12H,7-9,15H2,1-2H3. The monoisotopic (exact) mass is 238 g/mol. The van der Waals surface area contributed by atoms with Gasteiger partial charge in [-0.3, -0.25) is 0 Å². The first kappa shape index (κ1) is 11.7. The number of benzene rings is 1. The Labute approximate surface area is 102 Å². The molecule has 1 aromatic carbocycles. The molecule has 1 unspecified atom stereocenters. The van der Waals surface area contributed by atoms with Crippen LogP contribution in [0.3, 0.4) is 0 Å². The summed E-state index contributed by atoms with van der Waals surface area (Å²) in [4.78, 5) is 2.29. The quantitative estimate of drug-likeness (QED) is 0.815. The molecular weight excluding hydrogens is 220 g/mol. The average molecular weight is 239 g/mol. The second-order valence-corrected chi connectivity index (χ2v) is 5.65. The van der Waals surface area contributed by atoms with E-state index in [0.717, 1.165) is 30.2 Å². The lowest BCUT2D eigenvalue weighted by atomic mass is 9.78. The maximum Gasteiger partial charge on any atom is 0.0639 e. The van der Waals surface area contributed by atoms with Crippen molar-refractivity contribution in [1.82, 2.24) is 0 Å². The third kappa shape index (κ3) is 2.18. The Kier molecular flexibility index (Phi) is 3.13. The molecule has 1 saturated heterocycles. The fourth-order valence-electron chi connectivity index (χ4n) is 2.11. The van der Waals surface area contributed by atoms with Gasteiger partial charge in [-0.1, -0.05) is 37.6 Å². The largest absolute Gasteiger partial charge is 0.369 e. The highest BCUT2D eigenvalue weighted by atomic mass is 35.5. The zero-order valence-corrected chi connectivity index (χ0v) is 10.7. The van der Waals surface area contributed by atoms with Crippen molar-refractivity contribution < 1.29 is 0 Å². The summed E-state index contributed by atoms with van der Waals surface area (Å²) in [5, 5.41) is 0.814. The van der Waals surface area contributed by atoms with Gasteiger partial charge in [0.15, 0.2) is 0 Å². The van der Waals surface area contributed by atoms with Crippen LogP contribution in [0.15, 0.2) is 24.3 Å². The first-order chi connectivity index (χ1) is 7.50. The average Bonchev–Trinajstić information content (AvgIpc) is 2.23. The van der Waals surface area contributed by atoms with Gasteiger partial charge in [0.2, 0.25) is 0 Å². The minimum Gasteiger partial charge on any atom is -0.369 e. The van der Waals surface area contributed by atoms with E-state index in [1.165, 1.54) is 0 Å². The van der Waals surface area contributed by atoms with Gasteiger partial charge < -0.3 is 10.6 Å². The third-order valence-corrected chi connectivity index (χ3v) is 3.96. The van der Waals surface area contributed by atoms with E-state index in [2.05, 4.69) is 24.8 Å². The molecule has 2 N–H and O–H groups in total. The van der Waals surface area contributed by atoms with Gasteiger partial charge in [0, 0.05) is 19.1 Å². The molecule has 0 radical (unpaired) electrons. The summed E-state index contributed by atoms with van der Waals surface area (Å²) in [5.41, 5.74) is 7.55. The van der Waals surface area contributed by atoms with Crippen molar-refractivity contribution in [3.63, 3.8) is 0 Å². The molecule has 1 aromatic rings. The maximum atomic E-state index is 6.21. The van der Waals surface area contributed by atoms with Crippen molar-refractivity contribution >= 4 is 17.3 Å². The topological polar surface area (TPSA) is 29.3 Å². The lowest BCUT2D eigenvalue weighted by Crippen LogP contribution is -2.53. The Morgan fingerprint density at radius 2 is 2.06 bits per heavy atom. The van der Waals surface area contributed by atoms with E-state index in [1.807, 2.05) is 18.2 Å². The minimum absolute atomic E-state index is 0.206. The van der Waals surface area contributed by atoms with Crippen LogP contribution in [0, 0.1) is 5.41 Å². The van der Waals surface area contributed by atoms with Crippen LogP contribution in [0.25, 0.3) is 0 Å². The molecule has 16 heavy (non-hydrogen) atoms. The number of nitrogens with two attached hydrogens (primary N) is 1. The fraction of sp³-hybridized carbons (Fsp3) is 0.538. The van der Waals surface area contributed by atoms with Crippen molar-refractivity contribution in [3.05, 3.63) is 29.3 Å². The Morgan fingerprint density at radius 1 is 1.38 bits per heavy atom. The molecule has 1 aliphatic rings. The van der Waals surface area contributed by atoms with Crippen LogP contribution < -0.4 is 10.6 Å². The first-order valence-corrected chi connectivity index (χ1v) is 6.13. The number of halogens is 1. The Bertz CT molecular complexity index is 376. The molecule has 2 rings (SSSR count). The number of nitrogens with zero attached hydrogens (tertiary/aromatic N) is 1. The molecule has 0 aromatic heterocycles. The summed E-state index contributed by atoms with van der Waals surface area (Å²) in [6, 6.07) is 8.18. The molecule has 0 spiro atoms. The SMILES string of the molecule is CC1(C)CCN(c2ccccc2Cl)CC1N. The molecule has 1 atom stereocenters. The predicted molar refractivity (Wildman–Crippen MR) is 70.0 cm³/mol. The van der Waals surface area contributed by atoms with Gasteiger partial charge in [0.05, 0.1) is 10.7 Å². The molecular formula is C13H19ClN2. The summed E-state index contributed by atoms with van der Waals surface area (Å²) in [5.74, 6) is 0. The van der Waals surface area contributed by atoms with Crippen LogP contribution in [0.5, 0.6) is 0 Å². The highest BCUT2D eigenvalue weighted by Gasteiger charge is 2.33. The summed E-state index contributed by atoms with van der Waals surface area (Å²) in [6.45, 7) is 6.39. The van der Waals surface area contributed by atoms with Crippen LogP contribution in [0.2, 0.25) is 5.02 Å². The Morgan fingerprint density at radius 3 is 2.69 bits per heavy atom. The van der Waals surface area contributed by atoms with E-state index in [0.29, 0.717) is 0 Å². The van der Waals surface area contributed by atoms with Gasteiger partial charge in [-0.2, -0.15) is 0 Å². The molecule has 2 nitrogen and oxygen atoms in total. The van der Waals surface area contributed by atoms with Crippen LogP contribution >= 0.6 is 11.6 Å². The predicted octanol–water partition coefficient (Wildman–Crippen LogP) is 2.90. The molecule has 0 bridgehead atoms. The smallest absolute Gasteiger partial charge is 0.0639 e. The van der Waals surface area contributed by atoms with Crippen molar-refractivity contribution in [2.45, 2.75) is 26.3 Å². The summed E-state index contributed by atoms with van der Waals surface area (Å²) in [6.07, 6.45) is 1.11. The van der Waals surface area contributed by atoms with Crippen LogP contribution in [0.4, 0.5) is 5.69 Å². The Balaban J connectivity index is 2.17. The first-order valence-electron chi connectivity index (χ1n) is 5.76. The second-order valence-electron chi connectivity index (χ2n) is 5.24. The maximum absolute atomic E-state index is 6.21. The fourth-order valence-corrected chi connectivity index (χ4v) is 2.37. The van der Waals surface area contributed by atoms with Crippen molar-refractivity contribution in [2.24, 2.45) is 11.1 Å². The number of piperidine rings is 1. The second kappa shape index (κ2) is 4.27. The van der Waals surface area contributed by atoms with E-state index in [-0.39, 0.29) is 11.5 Å². The molecule has 0 amide bonds. The van der Waals surface area contributed by atoms with E-state index in [4.69, 9.17) is 17.3 Å². The lowest BCUT2D eigenvalue weighted by molar-refractivity contribution is 0.236. The van der Waals surface area contributed by atoms with Crippen molar-refractivity contribution in [1.29, 1.82) is 0 Å². The van der Waals surface area contributed by atoms with Crippen molar-refractivity contribution in [2.75, 3.05) is 18.0 Å². The van der Waals surface area contributed by atoms with Gasteiger partial charge in [0.1, 0.15) is 0 Å². The normalized spacial score (nSPS) is 24.5. The molecule has 0 aliphatic carbocycles. The molecule has 1 heterocycles. The van der Waals surface area contributed by atoms with E-state index >= 15 is 0 Å². The Hall–Kier alpha value is -0.730. The number of para-hydroxylation sites is 1. The van der Waals surface area contributed by atoms with E-state index in [9.17, 15) is 0 Å². The number of hydrogen-bond donors (Lipinski definition) is 1. The van der Waals surface area contributed by atoms with Crippen LogP contribution in [-0.2, 0) is 0 Å². The summed E-state index contributed by atoms with van der Waals surface area (Å²) in [7, 11) is 0. The molecule has 3 heteroatoms. The minimum atomic E-state index is 0.206. The third-order valence-electron chi connectivity index (χ3n) is 3.64. The highest BCUT2D eigenvalue weighted by Crippen LogP contribution is 2.34. The molecule has 88 valence electrons. The van der Waals surface area contributed by atoms with Gasteiger partial charge in [0.25, 0.3) is 0 Å². The van der Waals surface area contributed by atoms with Gasteiger partial charge in [-0.15, -0.1) is 0 Å². The van der Waals surface area contributed by atoms with E-state index < -0.39 is 0 Å². The number of anilines is 1.